The van der Waals surface area contributed by atoms with Crippen LogP contribution >= 0.6 is 0 Å². The number of nitrogens with zero attached hydrogens (tertiary/aromatic N) is 4. The topological polar surface area (TPSA) is 116 Å². The Bertz CT molecular complexity index is 5060. The molecular weight excluding hydrogens is 1700 g/mol. The predicted octanol–water partition coefficient (Wildman–Crippen LogP) is 19.3. The Balaban J connectivity index is 0.000000161. The summed E-state index contributed by atoms with van der Waals surface area (Å²) in [5.41, 5.74) is 7.90. The number of rotatable bonds is 18. The standard InChI is InChI=1S/C32H32N2OSi2.C32H30N2OSi2.C24H32B2O5.2C6H6.Pt/c2*1-36(2)28-16-18-31(33-22-28)24-10-8-12-26(20-24)35-27-13-9-11-25(21-27)32-19-17-30(23-34-32)37(3,4)29-14-6-5-7-15-29;1-21(2)22(3,4)29-25(28-21)17-11-9-13-19(15-17)27-20-14-10-12-18(16-20)26-30-23(5,6)24(7,8)31-26;2*1-2-4-6-5-3-1;/h5-23,36H,1-4H3;5-19,22-23,36H,1-4H3;9-16H,1-8H3;2*1-6H;/q;-2;;;;+2. The van der Waals surface area contributed by atoms with E-state index in [9.17, 15) is 0 Å². The summed E-state index contributed by atoms with van der Waals surface area (Å²) in [6, 6.07) is 113. The van der Waals surface area contributed by atoms with Gasteiger partial charge in [0.1, 0.15) is 39.1 Å². The number of aromatic nitrogens is 4. The van der Waals surface area contributed by atoms with Crippen molar-refractivity contribution in [2.45, 2.75) is 130 Å². The average molecular weight is 1810 g/mol. The molecule has 0 amide bonds. The zero-order valence-electron chi connectivity index (χ0n) is 70.6. The van der Waals surface area contributed by atoms with Crippen LogP contribution < -0.4 is 56.3 Å². The molecule has 2 saturated heterocycles. The van der Waals surface area contributed by atoms with Gasteiger partial charge in [0, 0.05) is 47.4 Å². The Morgan fingerprint density at radius 3 is 0.915 bits per heavy atom. The molecule has 118 heavy (non-hydrogen) atoms. The van der Waals surface area contributed by atoms with E-state index in [1.54, 1.807) is 0 Å². The number of benzene rings is 10. The molecule has 2 aliphatic heterocycles. The fourth-order valence-electron chi connectivity index (χ4n) is 13.0. The van der Waals surface area contributed by atoms with Gasteiger partial charge >= 0.3 is 35.3 Å². The van der Waals surface area contributed by atoms with Crippen molar-refractivity contribution in [2.24, 2.45) is 0 Å². The van der Waals surface area contributed by atoms with Gasteiger partial charge in [-0.1, -0.05) is 293 Å². The van der Waals surface area contributed by atoms with Crippen LogP contribution in [0.5, 0.6) is 34.5 Å². The van der Waals surface area contributed by atoms with Gasteiger partial charge in [-0.2, -0.15) is 0 Å². The summed E-state index contributed by atoms with van der Waals surface area (Å²) >= 11 is 0. The summed E-state index contributed by atoms with van der Waals surface area (Å²) in [5.74, 6) is 4.28. The third-order valence-electron chi connectivity index (χ3n) is 22.0. The molecule has 2 aliphatic rings. The molecule has 0 radical (unpaired) electrons. The van der Waals surface area contributed by atoms with Crippen LogP contribution in [0.15, 0.2) is 340 Å². The molecule has 4 aromatic heterocycles. The molecule has 0 atom stereocenters. The monoisotopic (exact) mass is 1800 g/mol. The average Bonchev–Trinajstić information content (AvgIpc) is 1.59. The molecule has 600 valence electrons. The molecule has 0 unspecified atom stereocenters. The molecule has 14 aromatic rings. The molecule has 18 heteroatoms. The first-order chi connectivity index (χ1) is 56.1. The van der Waals surface area contributed by atoms with Gasteiger partial charge in [0.2, 0.25) is 0 Å². The molecule has 11 nitrogen and oxygen atoms in total. The van der Waals surface area contributed by atoms with Crippen molar-refractivity contribution in [1.29, 1.82) is 0 Å². The van der Waals surface area contributed by atoms with Gasteiger partial charge in [0.05, 0.1) is 51.4 Å². The van der Waals surface area contributed by atoms with Gasteiger partial charge < -0.3 is 42.8 Å². The van der Waals surface area contributed by atoms with E-state index in [0.717, 1.165) is 79.0 Å². The Morgan fingerprint density at radius 1 is 0.297 bits per heavy atom. The quantitative estimate of drug-likeness (QED) is 0.0604. The molecule has 10 aromatic carbocycles. The first kappa shape index (κ1) is 88.5. The van der Waals surface area contributed by atoms with Crippen LogP contribution in [0, 0.1) is 12.1 Å². The second kappa shape index (κ2) is 40.0. The number of ether oxygens (including phenoxy) is 3. The summed E-state index contributed by atoms with van der Waals surface area (Å²) < 4.78 is 43.3. The maximum absolute atomic E-state index is 6.26. The zero-order valence-corrected chi connectivity index (χ0v) is 77.2. The number of pyridine rings is 4. The molecule has 0 saturated carbocycles. The van der Waals surface area contributed by atoms with Crippen LogP contribution in [0.25, 0.3) is 45.0 Å². The molecular formula is C100H106B2N4O7PtSi4. The van der Waals surface area contributed by atoms with Crippen molar-refractivity contribution >= 4 is 90.0 Å². The zero-order chi connectivity index (χ0) is 82.8. The van der Waals surface area contributed by atoms with E-state index in [4.69, 9.17) is 42.8 Å². The van der Waals surface area contributed by atoms with Gasteiger partial charge in [-0.05, 0) is 159 Å². The summed E-state index contributed by atoms with van der Waals surface area (Å²) in [5, 5.41) is 8.17. The van der Waals surface area contributed by atoms with Crippen LogP contribution in [-0.4, -0.2) is 90.3 Å². The Hall–Kier alpha value is -10.3. The van der Waals surface area contributed by atoms with E-state index in [2.05, 4.69) is 257 Å². The van der Waals surface area contributed by atoms with Crippen molar-refractivity contribution in [2.75, 3.05) is 0 Å². The predicted molar refractivity (Wildman–Crippen MR) is 497 cm³/mol. The minimum absolute atomic E-state index is 0. The Morgan fingerprint density at radius 2 is 0.593 bits per heavy atom. The van der Waals surface area contributed by atoms with Gasteiger partial charge in [-0.25, -0.2) is 0 Å². The fourth-order valence-corrected chi connectivity index (χ4v) is 19.2. The van der Waals surface area contributed by atoms with Crippen molar-refractivity contribution in [3.05, 3.63) is 352 Å². The first-order valence-corrected chi connectivity index (χ1v) is 52.0. The van der Waals surface area contributed by atoms with Gasteiger partial charge in [0.25, 0.3) is 0 Å². The van der Waals surface area contributed by atoms with E-state index in [1.165, 1.54) is 31.1 Å². The second-order valence-electron chi connectivity index (χ2n) is 33.0. The minimum Gasteiger partial charge on any atom is -0.497 e. The van der Waals surface area contributed by atoms with Crippen LogP contribution in [0.4, 0.5) is 0 Å². The van der Waals surface area contributed by atoms with E-state index in [-0.39, 0.29) is 43.5 Å². The molecule has 6 heterocycles. The van der Waals surface area contributed by atoms with E-state index < -0.39 is 48.0 Å². The van der Waals surface area contributed by atoms with Gasteiger partial charge in [0.15, 0.2) is 0 Å². The smallest absolute Gasteiger partial charge is 0.497 e. The molecule has 0 N–H and O–H groups in total. The van der Waals surface area contributed by atoms with E-state index >= 15 is 0 Å². The van der Waals surface area contributed by atoms with Crippen molar-refractivity contribution < 1.29 is 53.9 Å². The SMILES string of the molecule is CC1(C)OB(c2cccc(Oc3cccc(B4OC(C)(C)C(C)(C)O4)c3)c2)OC1(C)C.C[SiH](C)c1ccc(-c2[c-]c(Oc3[c-]c(-c4ccc([Si](C)(C)c5ccccc5)cn4)ccc3)ccc2)nc1.C[SiH](C)c1ccc(-c2cccc(Oc3cccc(-c4ccc([Si](C)(C)c5ccccc5)cn4)c3)c2)nc1.[Pt+2].c1ccccc1.c1ccccc1. The van der Waals surface area contributed by atoms with E-state index in [1.807, 2.05) is 213 Å². The van der Waals surface area contributed by atoms with Crippen molar-refractivity contribution in [1.82, 2.24) is 19.9 Å². The molecule has 0 spiro atoms. The Labute approximate surface area is 720 Å². The van der Waals surface area contributed by atoms with Gasteiger partial charge in [-0.15, -0.1) is 47.5 Å². The minimum atomic E-state index is -1.79. The van der Waals surface area contributed by atoms with Crippen molar-refractivity contribution in [3.63, 3.8) is 0 Å². The fraction of sp³-hybridized carbons (Fsp3) is 0.200. The summed E-state index contributed by atoms with van der Waals surface area (Å²) in [6.07, 6.45) is 8.08. The third kappa shape index (κ3) is 23.2. The first-order valence-electron chi connectivity index (χ1n) is 40.3. The van der Waals surface area contributed by atoms with Crippen LogP contribution in [0.1, 0.15) is 55.4 Å². The molecule has 0 aliphatic carbocycles. The second-order valence-corrected chi connectivity index (χ2v) is 47.7. The van der Waals surface area contributed by atoms with Crippen LogP contribution in [0.3, 0.4) is 0 Å². The van der Waals surface area contributed by atoms with Gasteiger partial charge in [-0.3, -0.25) is 9.97 Å². The number of hydrogen-bond donors (Lipinski definition) is 0. The van der Waals surface area contributed by atoms with Crippen LogP contribution in [0.2, 0.25) is 52.4 Å². The summed E-state index contributed by atoms with van der Waals surface area (Å²) in [4.78, 5) is 19.0. The molecule has 2 fully saturated rings. The number of hydrogen-bond acceptors (Lipinski definition) is 11. The summed E-state index contributed by atoms with van der Waals surface area (Å²) in [7, 11) is -6.13. The maximum Gasteiger partial charge on any atom is 2.00 e. The molecule has 0 bridgehead atoms. The molecule has 16 rings (SSSR count). The largest absolute Gasteiger partial charge is 2.00 e. The Kier molecular flexibility index (Phi) is 30.0. The van der Waals surface area contributed by atoms with Crippen LogP contribution in [-0.2, 0) is 39.7 Å². The normalized spacial score (nSPS) is 14.1. The maximum atomic E-state index is 6.26. The van der Waals surface area contributed by atoms with Crippen molar-refractivity contribution in [3.8, 4) is 79.5 Å². The van der Waals surface area contributed by atoms with E-state index in [0.29, 0.717) is 11.5 Å². The summed E-state index contributed by atoms with van der Waals surface area (Å²) in [6.45, 7) is 35.1. The third-order valence-corrected chi connectivity index (χ3v) is 32.4.